The maximum Gasteiger partial charge on any atom is 0.315 e. The summed E-state index contributed by atoms with van der Waals surface area (Å²) in [5, 5.41) is 11.9. The zero-order valence-corrected chi connectivity index (χ0v) is 12.6. The van der Waals surface area contributed by atoms with Gasteiger partial charge in [0.25, 0.3) is 0 Å². The topological polar surface area (TPSA) is 53.4 Å². The van der Waals surface area contributed by atoms with Crippen LogP contribution in [0, 0.1) is 0 Å². The number of thiazole rings is 1. The van der Waals surface area contributed by atoms with Crippen LogP contribution in [0.15, 0.2) is 35.7 Å². The Labute approximate surface area is 122 Å². The van der Waals surface area contributed by atoms with Crippen LogP contribution in [0.4, 0.5) is 10.8 Å². The minimum Gasteiger partial charge on any atom is -0.481 e. The van der Waals surface area contributed by atoms with Crippen molar-refractivity contribution in [2.45, 2.75) is 26.2 Å². The average molecular weight is 290 g/mol. The number of carboxylic acids is 1. The van der Waals surface area contributed by atoms with Crippen LogP contribution in [-0.4, -0.2) is 22.6 Å². The van der Waals surface area contributed by atoms with E-state index >= 15 is 0 Å². The van der Waals surface area contributed by atoms with Gasteiger partial charge in [0.15, 0.2) is 5.13 Å². The third kappa shape index (κ3) is 2.67. The van der Waals surface area contributed by atoms with Gasteiger partial charge in [-0.2, -0.15) is 0 Å². The summed E-state index contributed by atoms with van der Waals surface area (Å²) in [4.78, 5) is 17.9. The minimum atomic E-state index is -0.967. The molecule has 0 spiro atoms. The van der Waals surface area contributed by atoms with Gasteiger partial charge in [0, 0.05) is 17.6 Å². The lowest BCUT2D eigenvalue weighted by atomic mass is 9.90. The van der Waals surface area contributed by atoms with E-state index in [2.05, 4.69) is 16.8 Å². The number of para-hydroxylation sites is 1. The molecule has 0 aliphatic rings. The van der Waals surface area contributed by atoms with E-state index in [9.17, 15) is 9.90 Å². The molecule has 5 heteroatoms. The average Bonchev–Trinajstić information content (AvgIpc) is 2.91. The molecule has 0 saturated heterocycles. The molecule has 0 unspecified atom stereocenters. The molecule has 2 rings (SSSR count). The van der Waals surface area contributed by atoms with E-state index in [-0.39, 0.29) is 0 Å². The predicted molar refractivity (Wildman–Crippen MR) is 81.9 cm³/mol. The van der Waals surface area contributed by atoms with Crippen molar-refractivity contribution in [1.82, 2.24) is 4.98 Å². The van der Waals surface area contributed by atoms with Gasteiger partial charge in [-0.05, 0) is 32.9 Å². The molecule has 0 aliphatic heterocycles. The van der Waals surface area contributed by atoms with Gasteiger partial charge >= 0.3 is 5.97 Å². The number of carboxylic acid groups (broad SMARTS) is 1. The molecule has 20 heavy (non-hydrogen) atoms. The van der Waals surface area contributed by atoms with E-state index in [0.29, 0.717) is 5.69 Å². The molecule has 0 amide bonds. The van der Waals surface area contributed by atoms with E-state index < -0.39 is 11.4 Å². The first kappa shape index (κ1) is 14.5. The highest BCUT2D eigenvalue weighted by Gasteiger charge is 2.32. The second-order valence-corrected chi connectivity index (χ2v) is 5.86. The summed E-state index contributed by atoms with van der Waals surface area (Å²) in [5.41, 5.74) is 0.689. The van der Waals surface area contributed by atoms with Crippen LogP contribution in [-0.2, 0) is 10.2 Å². The minimum absolute atomic E-state index is 0.597. The van der Waals surface area contributed by atoms with Gasteiger partial charge in [-0.3, -0.25) is 4.79 Å². The molecular formula is C15H18N2O2S. The van der Waals surface area contributed by atoms with E-state index in [1.54, 1.807) is 13.8 Å². The first-order chi connectivity index (χ1) is 9.46. The number of rotatable bonds is 5. The van der Waals surface area contributed by atoms with E-state index in [0.717, 1.165) is 17.4 Å². The van der Waals surface area contributed by atoms with Gasteiger partial charge in [-0.25, -0.2) is 4.98 Å². The van der Waals surface area contributed by atoms with Crippen molar-refractivity contribution in [3.05, 3.63) is 41.4 Å². The maximum absolute atomic E-state index is 11.3. The Bertz CT molecular complexity index is 593. The van der Waals surface area contributed by atoms with Crippen LogP contribution in [0.2, 0.25) is 0 Å². The zero-order chi connectivity index (χ0) is 14.8. The fourth-order valence-corrected chi connectivity index (χ4v) is 2.90. The van der Waals surface area contributed by atoms with Gasteiger partial charge < -0.3 is 10.0 Å². The number of hydrogen-bond donors (Lipinski definition) is 1. The highest BCUT2D eigenvalue weighted by atomic mass is 32.1. The highest BCUT2D eigenvalue weighted by molar-refractivity contribution is 7.13. The largest absolute Gasteiger partial charge is 0.481 e. The second-order valence-electron chi connectivity index (χ2n) is 5.03. The molecule has 0 saturated carbocycles. The fraction of sp³-hybridized carbons (Fsp3) is 0.333. The van der Waals surface area contributed by atoms with E-state index in [1.165, 1.54) is 11.3 Å². The quantitative estimate of drug-likeness (QED) is 0.913. The summed E-state index contributed by atoms with van der Waals surface area (Å²) in [7, 11) is 0. The SMILES string of the molecule is CCN(c1ccccc1)c1nc(C(C)(C)C(=O)O)cs1. The van der Waals surface area contributed by atoms with Crippen molar-refractivity contribution in [2.75, 3.05) is 11.4 Å². The fourth-order valence-electron chi connectivity index (χ4n) is 1.82. The Hall–Kier alpha value is -1.88. The van der Waals surface area contributed by atoms with Crippen molar-refractivity contribution in [3.8, 4) is 0 Å². The number of anilines is 2. The van der Waals surface area contributed by atoms with E-state index in [1.807, 2.05) is 35.7 Å². The Morgan fingerprint density at radius 2 is 2.00 bits per heavy atom. The molecule has 1 aromatic heterocycles. The molecule has 2 aromatic rings. The summed E-state index contributed by atoms with van der Waals surface area (Å²) < 4.78 is 0. The number of carbonyl (C=O) groups is 1. The second kappa shape index (κ2) is 5.63. The van der Waals surface area contributed by atoms with Gasteiger partial charge in [-0.15, -0.1) is 11.3 Å². The molecule has 0 bridgehead atoms. The van der Waals surface area contributed by atoms with Crippen LogP contribution in [0.5, 0.6) is 0 Å². The maximum atomic E-state index is 11.3. The number of aliphatic carboxylic acids is 1. The number of benzene rings is 1. The number of aromatic nitrogens is 1. The predicted octanol–water partition coefficient (Wildman–Crippen LogP) is 3.66. The third-order valence-corrected chi connectivity index (χ3v) is 4.15. The highest BCUT2D eigenvalue weighted by Crippen LogP contribution is 2.32. The Morgan fingerprint density at radius 3 is 2.55 bits per heavy atom. The number of hydrogen-bond acceptors (Lipinski definition) is 4. The lowest BCUT2D eigenvalue weighted by Gasteiger charge is -2.20. The molecule has 4 nitrogen and oxygen atoms in total. The normalized spacial score (nSPS) is 11.3. The van der Waals surface area contributed by atoms with Crippen molar-refractivity contribution in [2.24, 2.45) is 0 Å². The standard InChI is InChI=1S/C15H18N2O2S/c1-4-17(11-8-6-5-7-9-11)14-16-12(10-20-14)15(2,3)13(18)19/h5-10H,4H2,1-3H3,(H,18,19). The summed E-state index contributed by atoms with van der Waals surface area (Å²) in [6, 6.07) is 9.97. The van der Waals surface area contributed by atoms with Gasteiger partial charge in [0.1, 0.15) is 5.41 Å². The smallest absolute Gasteiger partial charge is 0.315 e. The Kier molecular flexibility index (Phi) is 4.09. The van der Waals surface area contributed by atoms with Gasteiger partial charge in [-0.1, -0.05) is 18.2 Å². The van der Waals surface area contributed by atoms with Crippen LogP contribution in [0.25, 0.3) is 0 Å². The van der Waals surface area contributed by atoms with Crippen LogP contribution >= 0.6 is 11.3 Å². The molecule has 0 radical (unpaired) electrons. The van der Waals surface area contributed by atoms with Crippen molar-refractivity contribution >= 4 is 28.1 Å². The first-order valence-corrected chi connectivity index (χ1v) is 7.36. The molecule has 106 valence electrons. The van der Waals surface area contributed by atoms with Crippen LogP contribution in [0.3, 0.4) is 0 Å². The lowest BCUT2D eigenvalue weighted by Crippen LogP contribution is -2.29. The molecule has 1 N–H and O–H groups in total. The lowest BCUT2D eigenvalue weighted by molar-refractivity contribution is -0.142. The van der Waals surface area contributed by atoms with Crippen LogP contribution < -0.4 is 4.90 Å². The number of nitrogens with zero attached hydrogens (tertiary/aromatic N) is 2. The molecule has 0 fully saturated rings. The zero-order valence-electron chi connectivity index (χ0n) is 11.8. The van der Waals surface area contributed by atoms with Gasteiger partial charge in [0.2, 0.25) is 0 Å². The summed E-state index contributed by atoms with van der Waals surface area (Å²) in [6.45, 7) is 6.18. The molecular weight excluding hydrogens is 272 g/mol. The van der Waals surface area contributed by atoms with Crippen LogP contribution in [0.1, 0.15) is 26.5 Å². The third-order valence-electron chi connectivity index (χ3n) is 3.28. The Morgan fingerprint density at radius 1 is 1.35 bits per heavy atom. The molecule has 0 aliphatic carbocycles. The van der Waals surface area contributed by atoms with E-state index in [4.69, 9.17) is 0 Å². The summed E-state index contributed by atoms with van der Waals surface area (Å²) in [5.74, 6) is -0.864. The summed E-state index contributed by atoms with van der Waals surface area (Å²) >= 11 is 1.47. The summed E-state index contributed by atoms with van der Waals surface area (Å²) in [6.07, 6.45) is 0. The first-order valence-electron chi connectivity index (χ1n) is 6.48. The molecule has 0 atom stereocenters. The molecule has 1 aromatic carbocycles. The van der Waals surface area contributed by atoms with Crippen molar-refractivity contribution in [1.29, 1.82) is 0 Å². The molecule has 1 heterocycles. The van der Waals surface area contributed by atoms with Gasteiger partial charge in [0.05, 0.1) is 5.69 Å². The van der Waals surface area contributed by atoms with Crippen molar-refractivity contribution in [3.63, 3.8) is 0 Å². The monoisotopic (exact) mass is 290 g/mol. The van der Waals surface area contributed by atoms with Crippen molar-refractivity contribution < 1.29 is 9.90 Å². The Balaban J connectivity index is 2.34.